The number of halogens is 2. The summed E-state index contributed by atoms with van der Waals surface area (Å²) in [4.78, 5) is 0. The van der Waals surface area contributed by atoms with Crippen LogP contribution in [0.4, 0.5) is 8.78 Å². The molecule has 4 aromatic carbocycles. The summed E-state index contributed by atoms with van der Waals surface area (Å²) >= 11 is 0. The second-order valence-corrected chi connectivity index (χ2v) is 14.9. The average Bonchev–Trinajstić information content (AvgIpc) is 3.17. The Hall–Kier alpha value is -4.32. The van der Waals surface area contributed by atoms with Gasteiger partial charge in [-0.2, -0.15) is 10.5 Å². The minimum atomic E-state index is -0.888. The van der Waals surface area contributed by atoms with Gasteiger partial charge in [-0.25, -0.2) is 8.78 Å². The van der Waals surface area contributed by atoms with Crippen molar-refractivity contribution in [3.05, 3.63) is 141 Å². The van der Waals surface area contributed by atoms with Crippen molar-refractivity contribution < 1.29 is 13.5 Å². The highest BCUT2D eigenvalue weighted by Crippen LogP contribution is 2.42. The van der Waals surface area contributed by atoms with E-state index in [9.17, 15) is 10.5 Å². The maximum atomic E-state index is 15.9. The van der Waals surface area contributed by atoms with Crippen LogP contribution in [0.3, 0.4) is 0 Å². The van der Waals surface area contributed by atoms with E-state index in [2.05, 4.69) is 38.1 Å². The Morgan fingerprint density at radius 1 is 0.569 bits per heavy atom. The van der Waals surface area contributed by atoms with E-state index in [1.165, 1.54) is 100 Å². The smallest absolute Gasteiger partial charge is 0.130 e. The zero-order valence-electron chi connectivity index (χ0n) is 30.1. The molecule has 5 heteroatoms. The van der Waals surface area contributed by atoms with Crippen LogP contribution in [0.2, 0.25) is 0 Å². The van der Waals surface area contributed by atoms with Crippen LogP contribution in [0.5, 0.6) is 0 Å². The van der Waals surface area contributed by atoms with Crippen LogP contribution in [0.1, 0.15) is 159 Å². The molecule has 0 aromatic heterocycles. The molecule has 264 valence electrons. The average molecular weight is 685 g/mol. The number of hydrogen-bond acceptors (Lipinski definition) is 3. The molecule has 2 aliphatic carbocycles. The summed E-state index contributed by atoms with van der Waals surface area (Å²) in [5, 5.41) is 18.9. The van der Waals surface area contributed by atoms with E-state index in [4.69, 9.17) is 4.74 Å². The Morgan fingerprint density at radius 2 is 0.941 bits per heavy atom. The Bertz CT molecular complexity index is 1690. The van der Waals surface area contributed by atoms with Crippen LogP contribution in [0, 0.1) is 46.1 Å². The molecule has 0 radical (unpaired) electrons. The molecule has 0 N–H and O–H groups in total. The largest absolute Gasteiger partial charge is 0.356 e. The third-order valence-corrected chi connectivity index (χ3v) is 11.6. The van der Waals surface area contributed by atoms with Gasteiger partial charge in [0.05, 0.1) is 23.3 Å². The van der Waals surface area contributed by atoms with Crippen molar-refractivity contribution in [2.24, 2.45) is 11.8 Å². The standard InChI is InChI=1S/C46H50F2N2O/c1-3-5-31-7-13-35(14-8-31)37-17-21-39(22-18-37)45(41-25-11-33(29-49)27-43(41)47)51-46(42-26-12-34(30-50)28-44(42)48)40-23-19-38(20-24-40)36-15-9-32(6-4-2)10-16-36/h11-12,17-28,31-32,35-36,45-46H,3-10,13-16H2,1-2H3. The summed E-state index contributed by atoms with van der Waals surface area (Å²) in [5.41, 5.74) is 5.06. The van der Waals surface area contributed by atoms with Crippen LogP contribution < -0.4 is 0 Å². The molecule has 51 heavy (non-hydrogen) atoms. The van der Waals surface area contributed by atoms with Gasteiger partial charge < -0.3 is 4.74 Å². The number of nitriles is 2. The first-order valence-electron chi connectivity index (χ1n) is 19.1. The van der Waals surface area contributed by atoms with Crippen molar-refractivity contribution >= 4 is 0 Å². The first kappa shape index (κ1) is 36.5. The van der Waals surface area contributed by atoms with Gasteiger partial charge in [-0.15, -0.1) is 0 Å². The first-order chi connectivity index (χ1) is 24.9. The zero-order chi connectivity index (χ0) is 35.7. The van der Waals surface area contributed by atoms with Crippen molar-refractivity contribution in [1.29, 1.82) is 10.5 Å². The lowest BCUT2D eigenvalue weighted by Crippen LogP contribution is -2.17. The summed E-state index contributed by atoms with van der Waals surface area (Å²) in [5.74, 6) is 1.53. The van der Waals surface area contributed by atoms with E-state index in [1.54, 1.807) is 24.3 Å². The molecule has 0 amide bonds. The van der Waals surface area contributed by atoms with Gasteiger partial charge in [-0.1, -0.05) is 100 Å². The summed E-state index contributed by atoms with van der Waals surface area (Å²) in [6.07, 6.45) is 13.0. The molecule has 0 saturated heterocycles. The van der Waals surface area contributed by atoms with E-state index in [0.717, 1.165) is 23.0 Å². The van der Waals surface area contributed by atoms with Gasteiger partial charge >= 0.3 is 0 Å². The Labute approximate surface area is 303 Å². The van der Waals surface area contributed by atoms with Crippen molar-refractivity contribution in [1.82, 2.24) is 0 Å². The Balaban J connectivity index is 1.34. The van der Waals surface area contributed by atoms with E-state index in [-0.39, 0.29) is 22.3 Å². The lowest BCUT2D eigenvalue weighted by atomic mass is 9.77. The molecule has 0 spiro atoms. The van der Waals surface area contributed by atoms with E-state index >= 15 is 8.78 Å². The maximum Gasteiger partial charge on any atom is 0.130 e. The van der Waals surface area contributed by atoms with Gasteiger partial charge in [0.2, 0.25) is 0 Å². The Kier molecular flexibility index (Phi) is 12.3. The maximum absolute atomic E-state index is 15.9. The van der Waals surface area contributed by atoms with Crippen LogP contribution in [-0.4, -0.2) is 0 Å². The SMILES string of the molecule is CCCC1CCC(c2ccc(C(OC(c3ccc(C4CCC(CCC)CC4)cc3)c3ccc(C#N)cc3F)c3ccc(C#N)cc3F)cc2)CC1. The monoisotopic (exact) mass is 684 g/mol. The summed E-state index contributed by atoms with van der Waals surface area (Å²) < 4.78 is 38.6. The lowest BCUT2D eigenvalue weighted by Gasteiger charge is -2.30. The fraction of sp³-hybridized carbons (Fsp3) is 0.435. The Morgan fingerprint density at radius 3 is 1.25 bits per heavy atom. The highest BCUT2D eigenvalue weighted by molar-refractivity contribution is 5.42. The van der Waals surface area contributed by atoms with Gasteiger partial charge in [-0.3, -0.25) is 0 Å². The molecule has 0 aliphatic heterocycles. The molecule has 0 bridgehead atoms. The van der Waals surface area contributed by atoms with E-state index in [0.29, 0.717) is 11.8 Å². The molecule has 2 unspecified atom stereocenters. The second-order valence-electron chi connectivity index (χ2n) is 14.9. The topological polar surface area (TPSA) is 56.8 Å². The van der Waals surface area contributed by atoms with Crippen molar-refractivity contribution in [3.8, 4) is 12.1 Å². The highest BCUT2D eigenvalue weighted by Gasteiger charge is 2.29. The zero-order valence-corrected chi connectivity index (χ0v) is 30.1. The minimum absolute atomic E-state index is 0.220. The van der Waals surface area contributed by atoms with Gasteiger partial charge in [0.1, 0.15) is 23.8 Å². The van der Waals surface area contributed by atoms with Crippen LogP contribution in [-0.2, 0) is 4.74 Å². The number of ether oxygens (including phenoxy) is 1. The summed E-state index contributed by atoms with van der Waals surface area (Å²) in [6.45, 7) is 4.52. The van der Waals surface area contributed by atoms with Crippen molar-refractivity contribution in [2.75, 3.05) is 0 Å². The fourth-order valence-electron chi connectivity index (χ4n) is 8.69. The summed E-state index contributed by atoms with van der Waals surface area (Å²) in [7, 11) is 0. The van der Waals surface area contributed by atoms with Gasteiger partial charge in [0.25, 0.3) is 0 Å². The molecule has 2 aliphatic rings. The third-order valence-electron chi connectivity index (χ3n) is 11.6. The molecular formula is C46H50F2N2O. The van der Waals surface area contributed by atoms with Crippen molar-refractivity contribution in [2.45, 2.75) is 115 Å². The first-order valence-corrected chi connectivity index (χ1v) is 19.1. The number of benzene rings is 4. The molecule has 2 saturated carbocycles. The second kappa shape index (κ2) is 17.3. The lowest BCUT2D eigenvalue weighted by molar-refractivity contribution is 0.0270. The molecule has 2 atom stereocenters. The predicted molar refractivity (Wildman–Crippen MR) is 199 cm³/mol. The van der Waals surface area contributed by atoms with Gasteiger partial charge in [-0.05, 0) is 122 Å². The van der Waals surface area contributed by atoms with Crippen LogP contribution in [0.25, 0.3) is 0 Å². The molecule has 4 aromatic rings. The van der Waals surface area contributed by atoms with E-state index < -0.39 is 23.8 Å². The molecule has 0 heterocycles. The predicted octanol–water partition coefficient (Wildman–Crippen LogP) is 12.8. The van der Waals surface area contributed by atoms with Crippen molar-refractivity contribution in [3.63, 3.8) is 0 Å². The highest BCUT2D eigenvalue weighted by atomic mass is 19.1. The normalized spacial score (nSPS) is 21.7. The van der Waals surface area contributed by atoms with Crippen LogP contribution in [0.15, 0.2) is 84.9 Å². The van der Waals surface area contributed by atoms with Gasteiger partial charge in [0, 0.05) is 11.1 Å². The number of hydrogen-bond donors (Lipinski definition) is 0. The molecule has 3 nitrogen and oxygen atoms in total. The molecule has 2 fully saturated rings. The molecule has 6 rings (SSSR count). The summed E-state index contributed by atoms with van der Waals surface area (Å²) in [6, 6.07) is 29.5. The van der Waals surface area contributed by atoms with Crippen LogP contribution >= 0.6 is 0 Å². The molecular weight excluding hydrogens is 635 g/mol. The quantitative estimate of drug-likeness (QED) is 0.149. The van der Waals surface area contributed by atoms with Gasteiger partial charge in [0.15, 0.2) is 0 Å². The third kappa shape index (κ3) is 8.77. The number of nitrogens with zero attached hydrogens (tertiary/aromatic N) is 2. The number of rotatable bonds is 12. The minimum Gasteiger partial charge on any atom is -0.356 e. The van der Waals surface area contributed by atoms with E-state index in [1.807, 2.05) is 36.4 Å². The fourth-order valence-corrected chi connectivity index (χ4v) is 8.69.